The second kappa shape index (κ2) is 7.11. The van der Waals surface area contributed by atoms with Crippen molar-refractivity contribution < 1.29 is 22.0 Å². The van der Waals surface area contributed by atoms with E-state index in [1.54, 1.807) is 28.5 Å². The summed E-state index contributed by atoms with van der Waals surface area (Å²) in [7, 11) is 1.64. The highest BCUT2D eigenvalue weighted by atomic mass is 19.4. The number of nitrogens with zero attached hydrogens (tertiary/aromatic N) is 5. The van der Waals surface area contributed by atoms with Gasteiger partial charge in [0, 0.05) is 18.1 Å². The number of alkyl halides is 3. The van der Waals surface area contributed by atoms with Gasteiger partial charge in [0.2, 0.25) is 0 Å². The molecule has 2 heterocycles. The molecular weight excluding hydrogens is 429 g/mol. The van der Waals surface area contributed by atoms with Crippen LogP contribution in [0.3, 0.4) is 0 Å². The molecule has 0 radical (unpaired) electrons. The molecule has 1 aliphatic rings. The van der Waals surface area contributed by atoms with Gasteiger partial charge >= 0.3 is 6.18 Å². The fourth-order valence-electron chi connectivity index (χ4n) is 4.09. The molecule has 1 fully saturated rings. The average Bonchev–Trinajstić information content (AvgIpc) is 3.40. The van der Waals surface area contributed by atoms with Gasteiger partial charge in [-0.15, -0.1) is 10.2 Å². The highest BCUT2D eigenvalue weighted by Crippen LogP contribution is 2.60. The van der Waals surface area contributed by atoms with Gasteiger partial charge in [-0.05, 0) is 67.6 Å². The van der Waals surface area contributed by atoms with E-state index < -0.39 is 23.2 Å². The summed E-state index contributed by atoms with van der Waals surface area (Å²) >= 11 is 0. The van der Waals surface area contributed by atoms with E-state index in [1.807, 2.05) is 0 Å². The number of fused-ring (bicyclic) bond motifs is 3. The molecule has 0 saturated heterocycles. The molecule has 166 valence electrons. The van der Waals surface area contributed by atoms with Crippen molar-refractivity contribution in [2.24, 2.45) is 5.41 Å². The SMILES string of the molecule is CN(c1cc(F)cc(CCC2(C(F)(F)F)CC2)c1)c1nc2nncn2c2ccc(F)cc12. The summed E-state index contributed by atoms with van der Waals surface area (Å²) in [4.78, 5) is 6.01. The van der Waals surface area contributed by atoms with Gasteiger partial charge in [0.25, 0.3) is 5.78 Å². The quantitative estimate of drug-likeness (QED) is 0.374. The van der Waals surface area contributed by atoms with Crippen molar-refractivity contribution >= 4 is 28.2 Å². The minimum Gasteiger partial charge on any atom is -0.329 e. The first-order valence-corrected chi connectivity index (χ1v) is 10.1. The Balaban J connectivity index is 1.52. The Kier molecular flexibility index (Phi) is 4.58. The van der Waals surface area contributed by atoms with E-state index in [2.05, 4.69) is 15.2 Å². The lowest BCUT2D eigenvalue weighted by atomic mass is 9.96. The highest BCUT2D eigenvalue weighted by molar-refractivity contribution is 5.93. The number of aryl methyl sites for hydroxylation is 1. The second-order valence-electron chi connectivity index (χ2n) is 8.25. The monoisotopic (exact) mass is 447 g/mol. The van der Waals surface area contributed by atoms with Crippen LogP contribution in [0.4, 0.5) is 33.5 Å². The van der Waals surface area contributed by atoms with E-state index in [0.29, 0.717) is 28.0 Å². The lowest BCUT2D eigenvalue weighted by Crippen LogP contribution is -2.25. The van der Waals surface area contributed by atoms with Gasteiger partial charge in [-0.1, -0.05) is 0 Å². The minimum atomic E-state index is -4.25. The Labute approximate surface area is 179 Å². The molecule has 0 spiro atoms. The topological polar surface area (TPSA) is 46.3 Å². The first-order valence-electron chi connectivity index (χ1n) is 10.1. The van der Waals surface area contributed by atoms with Crippen molar-refractivity contribution in [3.05, 3.63) is 59.9 Å². The van der Waals surface area contributed by atoms with Crippen LogP contribution in [0.1, 0.15) is 24.8 Å². The van der Waals surface area contributed by atoms with E-state index in [4.69, 9.17) is 0 Å². The van der Waals surface area contributed by atoms with Crippen molar-refractivity contribution in [2.45, 2.75) is 31.9 Å². The maximum absolute atomic E-state index is 14.4. The maximum atomic E-state index is 14.4. The number of benzene rings is 2. The standard InChI is InChI=1S/C22H18F5N5/c1-31(19-17-11-14(23)2-3-18(17)32-12-28-30-20(32)29-19)16-9-13(8-15(24)10-16)4-5-21(6-7-21)22(25,26)27/h2-3,8-12H,4-7H2,1H3. The fraction of sp³-hybridized carbons (Fsp3) is 0.318. The molecular formula is C22H18F5N5. The van der Waals surface area contributed by atoms with Crippen LogP contribution in [0.15, 0.2) is 42.7 Å². The maximum Gasteiger partial charge on any atom is 0.394 e. The van der Waals surface area contributed by atoms with Crippen LogP contribution in [-0.4, -0.2) is 32.8 Å². The van der Waals surface area contributed by atoms with Gasteiger partial charge in [0.1, 0.15) is 23.8 Å². The number of rotatable bonds is 5. The third-order valence-electron chi connectivity index (χ3n) is 6.19. The lowest BCUT2D eigenvalue weighted by molar-refractivity contribution is -0.188. The lowest BCUT2D eigenvalue weighted by Gasteiger charge is -2.22. The number of anilines is 2. The zero-order valence-electron chi connectivity index (χ0n) is 17.0. The summed E-state index contributed by atoms with van der Waals surface area (Å²) in [6, 6.07) is 8.34. The van der Waals surface area contributed by atoms with E-state index in [1.165, 1.54) is 30.6 Å². The van der Waals surface area contributed by atoms with Gasteiger partial charge in [0.05, 0.1) is 10.9 Å². The van der Waals surface area contributed by atoms with Crippen molar-refractivity contribution in [3.8, 4) is 0 Å². The molecule has 2 aromatic carbocycles. The van der Waals surface area contributed by atoms with Crippen LogP contribution < -0.4 is 4.90 Å². The molecule has 0 unspecified atom stereocenters. The fourth-order valence-corrected chi connectivity index (χ4v) is 4.09. The third-order valence-corrected chi connectivity index (χ3v) is 6.19. The number of aromatic nitrogens is 4. The Morgan fingerprint density at radius 2 is 1.84 bits per heavy atom. The largest absolute Gasteiger partial charge is 0.394 e. The molecule has 0 bridgehead atoms. The van der Waals surface area contributed by atoms with Crippen LogP contribution >= 0.6 is 0 Å². The van der Waals surface area contributed by atoms with Gasteiger partial charge in [-0.25, -0.2) is 8.78 Å². The Hall–Kier alpha value is -3.30. The first kappa shape index (κ1) is 20.6. The molecule has 5 rings (SSSR count). The average molecular weight is 447 g/mol. The zero-order chi connectivity index (χ0) is 22.7. The minimum absolute atomic E-state index is 0.0821. The van der Waals surface area contributed by atoms with Gasteiger partial charge < -0.3 is 4.90 Å². The van der Waals surface area contributed by atoms with Crippen LogP contribution in [0.2, 0.25) is 0 Å². The molecule has 4 aromatic rings. The Bertz CT molecular complexity index is 1330. The predicted octanol–water partition coefficient (Wildman–Crippen LogP) is 5.60. The summed E-state index contributed by atoms with van der Waals surface area (Å²) in [5, 5.41) is 8.24. The molecule has 2 aromatic heterocycles. The highest BCUT2D eigenvalue weighted by Gasteiger charge is 2.62. The smallest absolute Gasteiger partial charge is 0.329 e. The van der Waals surface area contributed by atoms with Crippen molar-refractivity contribution in [1.29, 1.82) is 0 Å². The second-order valence-corrected chi connectivity index (χ2v) is 8.25. The van der Waals surface area contributed by atoms with Gasteiger partial charge in [-0.3, -0.25) is 4.40 Å². The summed E-state index contributed by atoms with van der Waals surface area (Å²) in [5.74, 6) is -0.433. The number of halogens is 5. The zero-order valence-corrected chi connectivity index (χ0v) is 17.0. The molecule has 1 aliphatic carbocycles. The van der Waals surface area contributed by atoms with Crippen LogP contribution in [0.25, 0.3) is 16.7 Å². The molecule has 32 heavy (non-hydrogen) atoms. The Morgan fingerprint density at radius 3 is 2.56 bits per heavy atom. The normalized spacial score (nSPS) is 15.4. The molecule has 5 nitrogen and oxygen atoms in total. The third kappa shape index (κ3) is 3.43. The van der Waals surface area contributed by atoms with Crippen LogP contribution in [0.5, 0.6) is 0 Å². The van der Waals surface area contributed by atoms with Crippen LogP contribution in [-0.2, 0) is 6.42 Å². The molecule has 0 aliphatic heterocycles. The van der Waals surface area contributed by atoms with E-state index >= 15 is 0 Å². The summed E-state index contributed by atoms with van der Waals surface area (Å²) in [6.45, 7) is 0. The number of hydrogen-bond acceptors (Lipinski definition) is 4. The van der Waals surface area contributed by atoms with E-state index in [0.717, 1.165) is 0 Å². The summed E-state index contributed by atoms with van der Waals surface area (Å²) < 4.78 is 69.8. The predicted molar refractivity (Wildman–Crippen MR) is 109 cm³/mol. The molecule has 0 atom stereocenters. The van der Waals surface area contributed by atoms with E-state index in [9.17, 15) is 22.0 Å². The van der Waals surface area contributed by atoms with Crippen molar-refractivity contribution in [3.63, 3.8) is 0 Å². The molecule has 0 N–H and O–H groups in total. The van der Waals surface area contributed by atoms with E-state index in [-0.39, 0.29) is 31.5 Å². The van der Waals surface area contributed by atoms with Crippen molar-refractivity contribution in [2.75, 3.05) is 11.9 Å². The Morgan fingerprint density at radius 1 is 1.06 bits per heavy atom. The van der Waals surface area contributed by atoms with Crippen molar-refractivity contribution in [1.82, 2.24) is 19.6 Å². The number of hydrogen-bond donors (Lipinski definition) is 0. The first-order chi connectivity index (χ1) is 15.2. The van der Waals surface area contributed by atoms with Gasteiger partial charge in [0.15, 0.2) is 0 Å². The molecule has 10 heteroatoms. The summed E-state index contributed by atoms with van der Waals surface area (Å²) in [6.07, 6.45) is -2.55. The molecule has 1 saturated carbocycles. The molecule has 0 amide bonds. The van der Waals surface area contributed by atoms with Crippen LogP contribution in [0, 0.1) is 17.0 Å². The summed E-state index contributed by atoms with van der Waals surface area (Å²) in [5.41, 5.74) is -0.194. The van der Waals surface area contributed by atoms with Gasteiger partial charge in [-0.2, -0.15) is 18.2 Å².